The maximum Gasteiger partial charge on any atom is 0.160 e. The Morgan fingerprint density at radius 2 is 2.12 bits per heavy atom. The van der Waals surface area contributed by atoms with E-state index in [4.69, 9.17) is 5.73 Å². The van der Waals surface area contributed by atoms with Gasteiger partial charge in [-0.15, -0.1) is 0 Å². The van der Waals surface area contributed by atoms with E-state index < -0.39 is 0 Å². The van der Waals surface area contributed by atoms with E-state index in [-0.39, 0.29) is 0 Å². The molecule has 0 atom stereocenters. The lowest BCUT2D eigenvalue weighted by Crippen LogP contribution is -1.99. The van der Waals surface area contributed by atoms with E-state index in [9.17, 15) is 0 Å². The first-order chi connectivity index (χ1) is 8.16. The van der Waals surface area contributed by atoms with Crippen molar-refractivity contribution < 1.29 is 0 Å². The summed E-state index contributed by atoms with van der Waals surface area (Å²) in [5.41, 5.74) is 8.96. The van der Waals surface area contributed by atoms with Gasteiger partial charge in [0, 0.05) is 24.2 Å². The third kappa shape index (κ3) is 1.69. The van der Waals surface area contributed by atoms with Crippen LogP contribution < -0.4 is 5.73 Å². The fourth-order valence-electron chi connectivity index (χ4n) is 2.13. The molecule has 0 amide bonds. The molecule has 0 unspecified atom stereocenters. The smallest absolute Gasteiger partial charge is 0.160 e. The molecule has 1 aliphatic rings. The van der Waals surface area contributed by atoms with E-state index in [1.54, 1.807) is 0 Å². The fraction of sp³-hybridized carbons (Fsp3) is 0.385. The molecule has 1 aromatic carbocycles. The number of nitrogens with zero attached hydrogens (tertiary/aromatic N) is 3. The second kappa shape index (κ2) is 3.58. The van der Waals surface area contributed by atoms with E-state index >= 15 is 0 Å². The standard InChI is InChI=1S/C13H16N4/c1-8-4-3-5-10(14)11(8)13-15-12(9-6-7-9)16-17(13)2/h3-5,9H,6-7,14H2,1-2H3. The molecule has 1 aromatic heterocycles. The van der Waals surface area contributed by atoms with Crippen LogP contribution in [0, 0.1) is 6.92 Å². The molecule has 17 heavy (non-hydrogen) atoms. The van der Waals surface area contributed by atoms with Crippen molar-refractivity contribution in [2.45, 2.75) is 25.7 Å². The maximum absolute atomic E-state index is 6.04. The van der Waals surface area contributed by atoms with Gasteiger partial charge in [0.25, 0.3) is 0 Å². The van der Waals surface area contributed by atoms with Gasteiger partial charge in [0.2, 0.25) is 0 Å². The molecule has 1 saturated carbocycles. The topological polar surface area (TPSA) is 56.7 Å². The average molecular weight is 228 g/mol. The monoisotopic (exact) mass is 228 g/mol. The van der Waals surface area contributed by atoms with Gasteiger partial charge in [-0.2, -0.15) is 5.10 Å². The number of hydrogen-bond donors (Lipinski definition) is 1. The molecule has 2 aromatic rings. The van der Waals surface area contributed by atoms with Gasteiger partial charge in [-0.3, -0.25) is 0 Å². The Morgan fingerprint density at radius 1 is 1.35 bits per heavy atom. The lowest BCUT2D eigenvalue weighted by atomic mass is 10.1. The van der Waals surface area contributed by atoms with Gasteiger partial charge < -0.3 is 5.73 Å². The molecule has 1 heterocycles. The zero-order valence-electron chi connectivity index (χ0n) is 10.1. The number of benzene rings is 1. The summed E-state index contributed by atoms with van der Waals surface area (Å²) < 4.78 is 1.84. The molecular formula is C13H16N4. The number of aromatic nitrogens is 3. The van der Waals surface area contributed by atoms with Crippen LogP contribution in [0.15, 0.2) is 18.2 Å². The minimum absolute atomic E-state index is 0.570. The Bertz CT molecular complexity index is 547. The van der Waals surface area contributed by atoms with Crippen molar-refractivity contribution in [3.8, 4) is 11.4 Å². The highest BCUT2D eigenvalue weighted by Crippen LogP contribution is 2.39. The van der Waals surface area contributed by atoms with Crippen LogP contribution in [0.4, 0.5) is 5.69 Å². The third-order valence-corrected chi connectivity index (χ3v) is 3.25. The molecule has 0 bridgehead atoms. The molecular weight excluding hydrogens is 212 g/mol. The van der Waals surface area contributed by atoms with Crippen molar-refractivity contribution in [1.82, 2.24) is 14.8 Å². The summed E-state index contributed by atoms with van der Waals surface area (Å²) in [4.78, 5) is 4.64. The molecule has 88 valence electrons. The van der Waals surface area contributed by atoms with Crippen molar-refractivity contribution in [1.29, 1.82) is 0 Å². The second-order valence-corrected chi connectivity index (χ2v) is 4.73. The number of aryl methyl sites for hydroxylation is 2. The van der Waals surface area contributed by atoms with E-state index in [0.29, 0.717) is 5.92 Å². The van der Waals surface area contributed by atoms with E-state index in [1.165, 1.54) is 12.8 Å². The largest absolute Gasteiger partial charge is 0.398 e. The van der Waals surface area contributed by atoms with Crippen LogP contribution in [-0.4, -0.2) is 14.8 Å². The Labute approximate surface area is 100 Å². The van der Waals surface area contributed by atoms with Gasteiger partial charge in [-0.05, 0) is 31.4 Å². The van der Waals surface area contributed by atoms with Crippen LogP contribution >= 0.6 is 0 Å². The van der Waals surface area contributed by atoms with Crippen LogP contribution in [0.2, 0.25) is 0 Å². The quantitative estimate of drug-likeness (QED) is 0.802. The van der Waals surface area contributed by atoms with Crippen molar-refractivity contribution in [3.05, 3.63) is 29.6 Å². The van der Waals surface area contributed by atoms with Crippen molar-refractivity contribution in [2.75, 3.05) is 5.73 Å². The molecule has 4 heteroatoms. The molecule has 0 spiro atoms. The predicted molar refractivity (Wildman–Crippen MR) is 67.6 cm³/mol. The minimum atomic E-state index is 0.570. The average Bonchev–Trinajstić information content (AvgIpc) is 3.05. The summed E-state index contributed by atoms with van der Waals surface area (Å²) in [5.74, 6) is 2.41. The molecule has 3 rings (SSSR count). The van der Waals surface area contributed by atoms with Gasteiger partial charge in [-0.25, -0.2) is 9.67 Å². The summed E-state index contributed by atoms with van der Waals surface area (Å²) in [5, 5.41) is 4.48. The normalized spacial score (nSPS) is 15.2. The highest BCUT2D eigenvalue weighted by Gasteiger charge is 2.29. The van der Waals surface area contributed by atoms with Crippen molar-refractivity contribution in [3.63, 3.8) is 0 Å². The number of rotatable bonds is 2. The van der Waals surface area contributed by atoms with Crippen LogP contribution in [0.3, 0.4) is 0 Å². The van der Waals surface area contributed by atoms with E-state index in [0.717, 1.165) is 28.5 Å². The molecule has 0 aliphatic heterocycles. The Morgan fingerprint density at radius 3 is 2.76 bits per heavy atom. The summed E-state index contributed by atoms with van der Waals surface area (Å²) in [6.45, 7) is 2.05. The Hall–Kier alpha value is -1.84. The first-order valence-electron chi connectivity index (χ1n) is 5.93. The van der Waals surface area contributed by atoms with Crippen LogP contribution in [0.25, 0.3) is 11.4 Å². The highest BCUT2D eigenvalue weighted by molar-refractivity contribution is 5.74. The molecule has 4 nitrogen and oxygen atoms in total. The highest BCUT2D eigenvalue weighted by atomic mass is 15.3. The molecule has 0 radical (unpaired) electrons. The molecule has 0 saturated heterocycles. The zero-order chi connectivity index (χ0) is 12.0. The third-order valence-electron chi connectivity index (χ3n) is 3.25. The Balaban J connectivity index is 2.14. The van der Waals surface area contributed by atoms with Crippen LogP contribution in [0.5, 0.6) is 0 Å². The summed E-state index contributed by atoms with van der Waals surface area (Å²) in [6.07, 6.45) is 2.43. The van der Waals surface area contributed by atoms with Crippen molar-refractivity contribution >= 4 is 5.69 Å². The molecule has 1 fully saturated rings. The number of nitrogen functional groups attached to an aromatic ring is 1. The fourth-order valence-corrected chi connectivity index (χ4v) is 2.13. The lowest BCUT2D eigenvalue weighted by Gasteiger charge is -2.07. The van der Waals surface area contributed by atoms with Gasteiger partial charge in [0.15, 0.2) is 11.6 Å². The van der Waals surface area contributed by atoms with Gasteiger partial charge in [0.05, 0.1) is 0 Å². The summed E-state index contributed by atoms with van der Waals surface area (Å²) in [7, 11) is 1.93. The first kappa shape index (κ1) is 10.3. The summed E-state index contributed by atoms with van der Waals surface area (Å²) in [6, 6.07) is 5.93. The van der Waals surface area contributed by atoms with Crippen molar-refractivity contribution in [2.24, 2.45) is 7.05 Å². The number of hydrogen-bond acceptors (Lipinski definition) is 3. The van der Waals surface area contributed by atoms with Crippen LogP contribution in [0.1, 0.15) is 30.1 Å². The SMILES string of the molecule is Cc1cccc(N)c1-c1nc(C2CC2)nn1C. The Kier molecular flexibility index (Phi) is 2.18. The maximum atomic E-state index is 6.04. The number of nitrogens with two attached hydrogens (primary N) is 1. The van der Waals surface area contributed by atoms with Crippen LogP contribution in [-0.2, 0) is 7.05 Å². The van der Waals surface area contributed by atoms with E-state index in [1.807, 2.05) is 23.9 Å². The molecule has 1 aliphatic carbocycles. The predicted octanol–water partition coefficient (Wildman–Crippen LogP) is 2.25. The summed E-state index contributed by atoms with van der Waals surface area (Å²) >= 11 is 0. The van der Waals surface area contributed by atoms with Gasteiger partial charge >= 0.3 is 0 Å². The van der Waals surface area contributed by atoms with Gasteiger partial charge in [0.1, 0.15) is 0 Å². The second-order valence-electron chi connectivity index (χ2n) is 4.73. The first-order valence-corrected chi connectivity index (χ1v) is 5.93. The van der Waals surface area contributed by atoms with E-state index in [2.05, 4.69) is 23.1 Å². The lowest BCUT2D eigenvalue weighted by molar-refractivity contribution is 0.750. The zero-order valence-corrected chi connectivity index (χ0v) is 10.1. The van der Waals surface area contributed by atoms with Gasteiger partial charge in [-0.1, -0.05) is 12.1 Å². The number of anilines is 1. The minimum Gasteiger partial charge on any atom is -0.398 e. The molecule has 2 N–H and O–H groups in total.